The first kappa shape index (κ1) is 13.3. The molecule has 2 rings (SSSR count). The monoisotopic (exact) mass is 272 g/mol. The minimum Gasteiger partial charge on any atom is -0.311 e. The molecule has 1 heterocycles. The van der Waals surface area contributed by atoms with Gasteiger partial charge in [-0.15, -0.1) is 11.3 Å². The van der Waals surface area contributed by atoms with Crippen molar-refractivity contribution >= 4 is 22.9 Å². The van der Waals surface area contributed by atoms with E-state index in [1.165, 1.54) is 30.7 Å². The van der Waals surface area contributed by atoms with Crippen LogP contribution in [0.2, 0.25) is 4.34 Å². The molecule has 2 nitrogen and oxygen atoms in total. The van der Waals surface area contributed by atoms with Gasteiger partial charge in [0, 0.05) is 31.1 Å². The Morgan fingerprint density at radius 1 is 1.47 bits per heavy atom. The maximum Gasteiger partial charge on any atom is 0.0931 e. The smallest absolute Gasteiger partial charge is 0.0931 e. The van der Waals surface area contributed by atoms with Crippen LogP contribution in [0.4, 0.5) is 0 Å². The molecule has 1 aliphatic carbocycles. The van der Waals surface area contributed by atoms with Crippen molar-refractivity contribution < 1.29 is 0 Å². The second kappa shape index (κ2) is 6.74. The maximum absolute atomic E-state index is 5.89. The van der Waals surface area contributed by atoms with Crippen LogP contribution in [0.25, 0.3) is 0 Å². The molecule has 0 unspecified atom stereocenters. The summed E-state index contributed by atoms with van der Waals surface area (Å²) in [7, 11) is 2.22. The minimum atomic E-state index is 0.879. The number of hydrogen-bond donors (Lipinski definition) is 1. The van der Waals surface area contributed by atoms with Crippen LogP contribution in [-0.2, 0) is 6.54 Å². The molecule has 0 aliphatic heterocycles. The number of hydrogen-bond acceptors (Lipinski definition) is 3. The average Bonchev–Trinajstić information content (AvgIpc) is 2.65. The Bertz CT molecular complexity index is 336. The lowest BCUT2D eigenvalue weighted by molar-refractivity contribution is 0.206. The molecule has 1 aromatic rings. The highest BCUT2D eigenvalue weighted by atomic mass is 35.5. The third-order valence-corrected chi connectivity index (χ3v) is 4.62. The molecule has 1 fully saturated rings. The summed E-state index contributed by atoms with van der Waals surface area (Å²) in [5, 5.41) is 3.47. The molecular formula is C13H21ClN2S. The summed E-state index contributed by atoms with van der Waals surface area (Å²) in [5.41, 5.74) is 0. The molecule has 0 atom stereocenters. The Hall–Kier alpha value is -0.0900. The molecule has 96 valence electrons. The maximum atomic E-state index is 5.89. The van der Waals surface area contributed by atoms with Gasteiger partial charge in [0.05, 0.1) is 4.34 Å². The summed E-state index contributed by atoms with van der Waals surface area (Å²) >= 11 is 7.55. The van der Waals surface area contributed by atoms with Crippen molar-refractivity contribution in [2.75, 3.05) is 26.7 Å². The van der Waals surface area contributed by atoms with E-state index in [4.69, 9.17) is 11.6 Å². The van der Waals surface area contributed by atoms with E-state index < -0.39 is 0 Å². The zero-order chi connectivity index (χ0) is 12.1. The van der Waals surface area contributed by atoms with E-state index in [0.717, 1.165) is 29.9 Å². The van der Waals surface area contributed by atoms with Gasteiger partial charge in [0.15, 0.2) is 0 Å². The normalized spacial score (nSPS) is 16.4. The first-order valence-corrected chi connectivity index (χ1v) is 7.57. The summed E-state index contributed by atoms with van der Waals surface area (Å²) < 4.78 is 0.879. The van der Waals surface area contributed by atoms with Gasteiger partial charge in [-0.25, -0.2) is 0 Å². The highest BCUT2D eigenvalue weighted by molar-refractivity contribution is 7.16. The summed E-state index contributed by atoms with van der Waals surface area (Å²) in [6.45, 7) is 4.40. The molecule has 0 amide bonds. The van der Waals surface area contributed by atoms with Crippen LogP contribution in [0.5, 0.6) is 0 Å². The van der Waals surface area contributed by atoms with Gasteiger partial charge in [-0.1, -0.05) is 18.0 Å². The Morgan fingerprint density at radius 3 is 2.88 bits per heavy atom. The molecule has 0 saturated heterocycles. The number of rotatable bonds is 7. The Balaban J connectivity index is 1.53. The summed E-state index contributed by atoms with van der Waals surface area (Å²) in [6, 6.07) is 4.06. The predicted octanol–water partition coefficient (Wildman–Crippen LogP) is 3.22. The summed E-state index contributed by atoms with van der Waals surface area (Å²) in [5.74, 6) is 0.969. The van der Waals surface area contributed by atoms with Gasteiger partial charge >= 0.3 is 0 Å². The van der Waals surface area contributed by atoms with Gasteiger partial charge in [-0.3, -0.25) is 0 Å². The molecule has 0 bridgehead atoms. The van der Waals surface area contributed by atoms with Gasteiger partial charge in [-0.2, -0.15) is 0 Å². The van der Waals surface area contributed by atoms with Crippen molar-refractivity contribution in [2.45, 2.75) is 25.8 Å². The second-order valence-electron chi connectivity index (χ2n) is 4.94. The zero-order valence-electron chi connectivity index (χ0n) is 10.4. The minimum absolute atomic E-state index is 0.879. The number of likely N-dealkylation sites (N-methyl/N-ethyl adjacent to an activating group) is 1. The Kier molecular flexibility index (Phi) is 5.29. The first-order chi connectivity index (χ1) is 8.24. The molecule has 4 heteroatoms. The Morgan fingerprint density at radius 2 is 2.29 bits per heavy atom. The van der Waals surface area contributed by atoms with E-state index in [9.17, 15) is 0 Å². The van der Waals surface area contributed by atoms with Crippen molar-refractivity contribution in [2.24, 2.45) is 5.92 Å². The number of halogens is 1. The molecule has 0 spiro atoms. The van der Waals surface area contributed by atoms with Crippen molar-refractivity contribution in [1.82, 2.24) is 10.2 Å². The third-order valence-electron chi connectivity index (χ3n) is 3.39. The lowest BCUT2D eigenvalue weighted by Gasteiger charge is -2.30. The van der Waals surface area contributed by atoms with Crippen LogP contribution in [0.15, 0.2) is 12.1 Å². The van der Waals surface area contributed by atoms with Gasteiger partial charge in [0.1, 0.15) is 0 Å². The van der Waals surface area contributed by atoms with Crippen LogP contribution in [0, 0.1) is 5.92 Å². The quantitative estimate of drug-likeness (QED) is 0.767. The van der Waals surface area contributed by atoms with E-state index in [0.29, 0.717) is 0 Å². The van der Waals surface area contributed by atoms with Gasteiger partial charge in [0.2, 0.25) is 0 Å². The van der Waals surface area contributed by atoms with Crippen LogP contribution in [-0.4, -0.2) is 31.6 Å². The topological polar surface area (TPSA) is 15.3 Å². The van der Waals surface area contributed by atoms with Gasteiger partial charge in [-0.05, 0) is 37.9 Å². The van der Waals surface area contributed by atoms with E-state index in [2.05, 4.69) is 23.3 Å². The Labute approximate surface area is 113 Å². The predicted molar refractivity (Wildman–Crippen MR) is 75.9 cm³/mol. The fourth-order valence-corrected chi connectivity index (χ4v) is 3.19. The fraction of sp³-hybridized carbons (Fsp3) is 0.692. The number of nitrogens with zero attached hydrogens (tertiary/aromatic N) is 1. The molecule has 1 aromatic heterocycles. The first-order valence-electron chi connectivity index (χ1n) is 6.37. The van der Waals surface area contributed by atoms with Crippen molar-refractivity contribution in [3.63, 3.8) is 0 Å². The van der Waals surface area contributed by atoms with Crippen LogP contribution >= 0.6 is 22.9 Å². The van der Waals surface area contributed by atoms with E-state index in [1.807, 2.05) is 6.07 Å². The molecule has 1 N–H and O–H groups in total. The van der Waals surface area contributed by atoms with Crippen LogP contribution in [0.3, 0.4) is 0 Å². The lowest BCUT2D eigenvalue weighted by atomic mass is 9.85. The largest absolute Gasteiger partial charge is 0.311 e. The summed E-state index contributed by atoms with van der Waals surface area (Å²) in [4.78, 5) is 3.76. The van der Waals surface area contributed by atoms with Crippen LogP contribution < -0.4 is 5.32 Å². The average molecular weight is 273 g/mol. The second-order valence-corrected chi connectivity index (χ2v) is 6.74. The lowest BCUT2D eigenvalue weighted by Crippen LogP contribution is -2.34. The highest BCUT2D eigenvalue weighted by Crippen LogP contribution is 2.26. The molecule has 1 saturated carbocycles. The molecule has 1 aliphatic rings. The van der Waals surface area contributed by atoms with E-state index in [1.54, 1.807) is 11.3 Å². The van der Waals surface area contributed by atoms with Gasteiger partial charge in [0.25, 0.3) is 0 Å². The van der Waals surface area contributed by atoms with Gasteiger partial charge < -0.3 is 10.2 Å². The van der Waals surface area contributed by atoms with E-state index in [-0.39, 0.29) is 0 Å². The van der Waals surface area contributed by atoms with Crippen LogP contribution in [0.1, 0.15) is 24.1 Å². The molecule has 17 heavy (non-hydrogen) atoms. The standard InChI is InChI=1S/C13H21ClN2S/c1-16(10-11-3-2-4-11)8-7-15-9-12-5-6-13(14)17-12/h5-6,11,15H,2-4,7-10H2,1H3. The van der Waals surface area contributed by atoms with E-state index >= 15 is 0 Å². The molecular weight excluding hydrogens is 252 g/mol. The third kappa shape index (κ3) is 4.59. The summed E-state index contributed by atoms with van der Waals surface area (Å²) in [6.07, 6.45) is 4.31. The van der Waals surface area contributed by atoms with Crippen molar-refractivity contribution in [1.29, 1.82) is 0 Å². The van der Waals surface area contributed by atoms with Crippen molar-refractivity contribution in [3.05, 3.63) is 21.3 Å². The zero-order valence-corrected chi connectivity index (χ0v) is 12.0. The SMILES string of the molecule is CN(CCNCc1ccc(Cl)s1)CC1CCC1. The number of thiophene rings is 1. The highest BCUT2D eigenvalue weighted by Gasteiger charge is 2.18. The number of nitrogens with one attached hydrogen (secondary N) is 1. The van der Waals surface area contributed by atoms with Crippen molar-refractivity contribution in [3.8, 4) is 0 Å². The molecule has 0 radical (unpaired) electrons. The molecule has 0 aromatic carbocycles. The fourth-order valence-electron chi connectivity index (χ4n) is 2.14.